The minimum atomic E-state index is -4.47. The fourth-order valence-electron chi connectivity index (χ4n) is 2.50. The van der Waals surface area contributed by atoms with E-state index in [2.05, 4.69) is 25.6 Å². The zero-order valence-corrected chi connectivity index (χ0v) is 15.6. The van der Waals surface area contributed by atoms with Gasteiger partial charge in [-0.25, -0.2) is 14.6 Å². The van der Waals surface area contributed by atoms with Crippen molar-refractivity contribution >= 4 is 17.6 Å². The van der Waals surface area contributed by atoms with E-state index in [1.165, 1.54) is 10.9 Å². The van der Waals surface area contributed by atoms with Crippen LogP contribution >= 0.6 is 0 Å². The molecule has 0 atom stereocenters. The standard InChI is InChI=1S/C18H17F3N6O2/c1-3-29-17(28)10-27-9-14(25-26-27)13-6-11(2)7-16(23-13)24-15-8-12(4-5-22-15)18(19,20)21/h4-9H,3,10H2,1-2H3,(H,22,23,24). The Labute approximate surface area is 163 Å². The molecule has 0 radical (unpaired) electrons. The van der Waals surface area contributed by atoms with Gasteiger partial charge in [0.25, 0.3) is 0 Å². The van der Waals surface area contributed by atoms with Gasteiger partial charge in [-0.05, 0) is 43.7 Å². The van der Waals surface area contributed by atoms with Gasteiger partial charge in [0.05, 0.1) is 24.1 Å². The maximum absolute atomic E-state index is 12.9. The van der Waals surface area contributed by atoms with Gasteiger partial charge in [0, 0.05) is 6.20 Å². The number of rotatable bonds is 6. The Kier molecular flexibility index (Phi) is 5.76. The fourth-order valence-corrected chi connectivity index (χ4v) is 2.50. The van der Waals surface area contributed by atoms with Crippen LogP contribution in [0.1, 0.15) is 18.1 Å². The third kappa shape index (κ3) is 5.27. The lowest BCUT2D eigenvalue weighted by molar-refractivity contribution is -0.144. The molecule has 0 saturated carbocycles. The number of hydrogen-bond donors (Lipinski definition) is 1. The molecule has 3 rings (SSSR count). The summed E-state index contributed by atoms with van der Waals surface area (Å²) < 4.78 is 44.8. The molecule has 0 amide bonds. The highest BCUT2D eigenvalue weighted by atomic mass is 19.4. The predicted molar refractivity (Wildman–Crippen MR) is 97.1 cm³/mol. The van der Waals surface area contributed by atoms with E-state index in [1.807, 2.05) is 0 Å². The Morgan fingerprint density at radius 1 is 1.21 bits per heavy atom. The minimum absolute atomic E-state index is 0.00911. The Bertz CT molecular complexity index is 1020. The Balaban J connectivity index is 1.82. The average molecular weight is 406 g/mol. The van der Waals surface area contributed by atoms with Crippen LogP contribution in [0.15, 0.2) is 36.7 Å². The van der Waals surface area contributed by atoms with Gasteiger partial charge >= 0.3 is 12.1 Å². The number of hydrogen-bond acceptors (Lipinski definition) is 7. The minimum Gasteiger partial charge on any atom is -0.465 e. The number of carbonyl (C=O) groups is 1. The van der Waals surface area contributed by atoms with E-state index in [1.54, 1.807) is 26.0 Å². The van der Waals surface area contributed by atoms with Crippen LogP contribution in [0.2, 0.25) is 0 Å². The molecule has 3 aromatic heterocycles. The van der Waals surface area contributed by atoms with Gasteiger partial charge in [-0.15, -0.1) is 5.10 Å². The lowest BCUT2D eigenvalue weighted by Gasteiger charge is -2.10. The summed E-state index contributed by atoms with van der Waals surface area (Å²) in [6.07, 6.45) is -1.87. The van der Waals surface area contributed by atoms with Crippen molar-refractivity contribution in [3.05, 3.63) is 47.8 Å². The molecule has 0 saturated heterocycles. The van der Waals surface area contributed by atoms with Crippen molar-refractivity contribution in [1.82, 2.24) is 25.0 Å². The third-order valence-electron chi connectivity index (χ3n) is 3.71. The first kappa shape index (κ1) is 20.2. The van der Waals surface area contributed by atoms with E-state index in [0.29, 0.717) is 17.2 Å². The first-order valence-electron chi connectivity index (χ1n) is 8.59. The normalized spacial score (nSPS) is 11.3. The number of halogens is 3. The van der Waals surface area contributed by atoms with Gasteiger partial charge in [0.15, 0.2) is 0 Å². The second-order valence-electron chi connectivity index (χ2n) is 6.07. The summed E-state index contributed by atoms with van der Waals surface area (Å²) in [7, 11) is 0. The number of pyridine rings is 2. The van der Waals surface area contributed by atoms with Crippen LogP contribution in [0.25, 0.3) is 11.4 Å². The van der Waals surface area contributed by atoms with E-state index in [-0.39, 0.29) is 19.0 Å². The summed E-state index contributed by atoms with van der Waals surface area (Å²) in [5.41, 5.74) is 0.821. The molecule has 0 aliphatic rings. The monoisotopic (exact) mass is 406 g/mol. The number of carbonyl (C=O) groups excluding carboxylic acids is 1. The number of esters is 1. The summed E-state index contributed by atoms with van der Waals surface area (Å²) in [5, 5.41) is 10.6. The molecular weight excluding hydrogens is 389 g/mol. The quantitative estimate of drug-likeness (QED) is 0.627. The summed E-state index contributed by atoms with van der Waals surface area (Å²) >= 11 is 0. The van der Waals surface area contributed by atoms with Crippen LogP contribution in [-0.4, -0.2) is 37.5 Å². The van der Waals surface area contributed by atoms with Gasteiger partial charge in [-0.3, -0.25) is 4.79 Å². The molecule has 29 heavy (non-hydrogen) atoms. The lowest BCUT2D eigenvalue weighted by Crippen LogP contribution is -2.13. The SMILES string of the molecule is CCOC(=O)Cn1cc(-c2cc(C)cc(Nc3cc(C(F)(F)F)ccn3)n2)nn1. The fraction of sp³-hybridized carbons (Fsp3) is 0.278. The van der Waals surface area contributed by atoms with Crippen LogP contribution in [-0.2, 0) is 22.3 Å². The number of nitrogens with one attached hydrogen (secondary N) is 1. The largest absolute Gasteiger partial charge is 0.465 e. The summed E-state index contributed by atoms with van der Waals surface area (Å²) in [4.78, 5) is 19.8. The number of aryl methyl sites for hydroxylation is 1. The molecule has 3 heterocycles. The van der Waals surface area contributed by atoms with E-state index in [0.717, 1.165) is 23.9 Å². The maximum Gasteiger partial charge on any atom is 0.416 e. The van der Waals surface area contributed by atoms with Crippen LogP contribution in [0, 0.1) is 6.92 Å². The lowest BCUT2D eigenvalue weighted by atomic mass is 10.2. The highest BCUT2D eigenvalue weighted by Gasteiger charge is 2.30. The molecule has 0 bridgehead atoms. The first-order valence-corrected chi connectivity index (χ1v) is 8.59. The highest BCUT2D eigenvalue weighted by Crippen LogP contribution is 2.30. The highest BCUT2D eigenvalue weighted by molar-refractivity contribution is 5.69. The summed E-state index contributed by atoms with van der Waals surface area (Å²) in [6, 6.07) is 5.19. The zero-order valence-electron chi connectivity index (χ0n) is 15.6. The number of alkyl halides is 3. The molecule has 11 heteroatoms. The van der Waals surface area contributed by atoms with Crippen molar-refractivity contribution in [2.24, 2.45) is 0 Å². The van der Waals surface area contributed by atoms with E-state index >= 15 is 0 Å². The Morgan fingerprint density at radius 3 is 2.72 bits per heavy atom. The molecule has 152 valence electrons. The number of ether oxygens (including phenoxy) is 1. The average Bonchev–Trinajstić information content (AvgIpc) is 3.09. The predicted octanol–water partition coefficient (Wildman–Crippen LogP) is 3.37. The second kappa shape index (κ2) is 8.25. The van der Waals surface area contributed by atoms with Crippen molar-refractivity contribution in [3.63, 3.8) is 0 Å². The zero-order chi connectivity index (χ0) is 21.0. The van der Waals surface area contributed by atoms with Crippen LogP contribution in [0.5, 0.6) is 0 Å². The molecule has 1 N–H and O–H groups in total. The number of nitrogens with zero attached hydrogens (tertiary/aromatic N) is 5. The third-order valence-corrected chi connectivity index (χ3v) is 3.71. The second-order valence-corrected chi connectivity index (χ2v) is 6.07. The van der Waals surface area contributed by atoms with Gasteiger partial charge in [0.1, 0.15) is 23.9 Å². The molecule has 0 aromatic carbocycles. The smallest absolute Gasteiger partial charge is 0.416 e. The molecule has 0 spiro atoms. The van der Waals surface area contributed by atoms with Crippen molar-refractivity contribution in [2.75, 3.05) is 11.9 Å². The molecule has 0 aliphatic carbocycles. The van der Waals surface area contributed by atoms with Crippen LogP contribution in [0.4, 0.5) is 24.8 Å². The molecule has 0 fully saturated rings. The summed E-state index contributed by atoms with van der Waals surface area (Å²) in [5.74, 6) is -0.138. The van der Waals surface area contributed by atoms with Crippen LogP contribution < -0.4 is 5.32 Å². The van der Waals surface area contributed by atoms with Gasteiger partial charge < -0.3 is 10.1 Å². The number of anilines is 2. The molecule has 0 unspecified atom stereocenters. The molecular formula is C18H17F3N6O2. The maximum atomic E-state index is 12.9. The van der Waals surface area contributed by atoms with Gasteiger partial charge in [-0.2, -0.15) is 13.2 Å². The van der Waals surface area contributed by atoms with E-state index in [4.69, 9.17) is 4.74 Å². The van der Waals surface area contributed by atoms with Crippen LogP contribution in [0.3, 0.4) is 0 Å². The van der Waals surface area contributed by atoms with Gasteiger partial charge in [0.2, 0.25) is 0 Å². The molecule has 8 nitrogen and oxygen atoms in total. The van der Waals surface area contributed by atoms with Crippen molar-refractivity contribution in [1.29, 1.82) is 0 Å². The Hall–Kier alpha value is -3.50. The number of aromatic nitrogens is 5. The van der Waals surface area contributed by atoms with Crippen molar-refractivity contribution < 1.29 is 22.7 Å². The molecule has 0 aliphatic heterocycles. The summed E-state index contributed by atoms with van der Waals surface area (Å²) in [6.45, 7) is 3.68. The van der Waals surface area contributed by atoms with Crippen molar-refractivity contribution in [2.45, 2.75) is 26.6 Å². The Morgan fingerprint density at radius 2 is 2.00 bits per heavy atom. The van der Waals surface area contributed by atoms with E-state index in [9.17, 15) is 18.0 Å². The van der Waals surface area contributed by atoms with E-state index < -0.39 is 17.7 Å². The topological polar surface area (TPSA) is 94.8 Å². The molecule has 3 aromatic rings. The van der Waals surface area contributed by atoms with Gasteiger partial charge in [-0.1, -0.05) is 5.21 Å². The van der Waals surface area contributed by atoms with Crippen molar-refractivity contribution in [3.8, 4) is 11.4 Å². The first-order chi connectivity index (χ1) is 13.7.